The molecule has 144 valence electrons. The second-order valence-corrected chi connectivity index (χ2v) is 6.77. The number of fused-ring (bicyclic) bond motifs is 1. The fourth-order valence-electron chi connectivity index (χ4n) is 3.06. The van der Waals surface area contributed by atoms with Crippen molar-refractivity contribution in [2.45, 2.75) is 13.8 Å². The van der Waals surface area contributed by atoms with Crippen LogP contribution in [0.15, 0.2) is 73.1 Å². The minimum atomic E-state index is -0.297. The molecular formula is C23H21N5O. The van der Waals surface area contributed by atoms with Gasteiger partial charge in [-0.2, -0.15) is 0 Å². The zero-order valence-corrected chi connectivity index (χ0v) is 16.2. The van der Waals surface area contributed by atoms with Crippen molar-refractivity contribution in [2.75, 3.05) is 16.0 Å². The standard InChI is InChI=1S/C23H21N5O/c1-15-7-6-10-20(16(15)2)28-23(29)27-18-11-12-19-21(13-18)24-14-25-22(19)26-17-8-4-3-5-9-17/h3-14H,1-2H3,(H,24,25,26)(H2,27,28,29). The van der Waals surface area contributed by atoms with Crippen molar-refractivity contribution in [3.63, 3.8) is 0 Å². The third kappa shape index (κ3) is 4.16. The number of amides is 2. The molecular weight excluding hydrogens is 362 g/mol. The van der Waals surface area contributed by atoms with E-state index in [4.69, 9.17) is 0 Å². The van der Waals surface area contributed by atoms with Gasteiger partial charge in [-0.05, 0) is 61.4 Å². The number of carbonyl (C=O) groups is 1. The van der Waals surface area contributed by atoms with E-state index < -0.39 is 0 Å². The van der Waals surface area contributed by atoms with Gasteiger partial charge in [-0.25, -0.2) is 14.8 Å². The van der Waals surface area contributed by atoms with Crippen LogP contribution in [0, 0.1) is 13.8 Å². The summed E-state index contributed by atoms with van der Waals surface area (Å²) in [5.74, 6) is 0.715. The van der Waals surface area contributed by atoms with Gasteiger partial charge in [0.1, 0.15) is 12.1 Å². The normalized spacial score (nSPS) is 10.6. The van der Waals surface area contributed by atoms with Crippen molar-refractivity contribution in [2.24, 2.45) is 0 Å². The number of rotatable bonds is 4. The molecule has 1 heterocycles. The number of aryl methyl sites for hydroxylation is 1. The van der Waals surface area contributed by atoms with Crippen LogP contribution in [0.2, 0.25) is 0 Å². The minimum absolute atomic E-state index is 0.297. The molecule has 0 radical (unpaired) electrons. The first-order valence-corrected chi connectivity index (χ1v) is 9.31. The Kier molecular flexibility index (Phi) is 5.07. The molecule has 0 spiro atoms. The van der Waals surface area contributed by atoms with Gasteiger partial charge in [0.15, 0.2) is 0 Å². The quantitative estimate of drug-likeness (QED) is 0.426. The SMILES string of the molecule is Cc1cccc(NC(=O)Nc2ccc3c(Nc4ccccc4)ncnc3c2)c1C. The molecule has 0 bridgehead atoms. The van der Waals surface area contributed by atoms with Crippen molar-refractivity contribution in [1.82, 2.24) is 9.97 Å². The van der Waals surface area contributed by atoms with Gasteiger partial charge in [0.05, 0.1) is 5.52 Å². The van der Waals surface area contributed by atoms with Crippen molar-refractivity contribution >= 4 is 39.8 Å². The number of para-hydroxylation sites is 1. The fraction of sp³-hybridized carbons (Fsp3) is 0.0870. The van der Waals surface area contributed by atoms with Crippen LogP contribution >= 0.6 is 0 Å². The van der Waals surface area contributed by atoms with E-state index in [2.05, 4.69) is 25.9 Å². The minimum Gasteiger partial charge on any atom is -0.340 e. The zero-order chi connectivity index (χ0) is 20.2. The lowest BCUT2D eigenvalue weighted by atomic mass is 10.1. The van der Waals surface area contributed by atoms with E-state index in [9.17, 15) is 4.79 Å². The van der Waals surface area contributed by atoms with Crippen LogP contribution < -0.4 is 16.0 Å². The maximum atomic E-state index is 12.4. The topological polar surface area (TPSA) is 78.9 Å². The highest BCUT2D eigenvalue weighted by atomic mass is 16.2. The van der Waals surface area contributed by atoms with E-state index in [1.54, 1.807) is 0 Å². The molecule has 3 aromatic carbocycles. The van der Waals surface area contributed by atoms with Gasteiger partial charge in [0.2, 0.25) is 0 Å². The Balaban J connectivity index is 1.53. The molecule has 6 nitrogen and oxygen atoms in total. The Morgan fingerprint density at radius 3 is 2.48 bits per heavy atom. The number of carbonyl (C=O) groups excluding carboxylic acids is 1. The van der Waals surface area contributed by atoms with Crippen LogP contribution in [0.5, 0.6) is 0 Å². The molecule has 4 aromatic rings. The van der Waals surface area contributed by atoms with Crippen LogP contribution in [0.4, 0.5) is 27.7 Å². The predicted octanol–water partition coefficient (Wildman–Crippen LogP) is 5.63. The van der Waals surface area contributed by atoms with E-state index in [1.807, 2.05) is 80.6 Å². The number of urea groups is 1. The van der Waals surface area contributed by atoms with E-state index in [0.717, 1.165) is 33.4 Å². The van der Waals surface area contributed by atoms with Gasteiger partial charge in [0.25, 0.3) is 0 Å². The first-order valence-electron chi connectivity index (χ1n) is 9.31. The van der Waals surface area contributed by atoms with Crippen LogP contribution in [-0.2, 0) is 0 Å². The van der Waals surface area contributed by atoms with Gasteiger partial charge in [-0.1, -0.05) is 30.3 Å². The van der Waals surface area contributed by atoms with Crippen molar-refractivity contribution in [3.05, 3.63) is 84.2 Å². The zero-order valence-electron chi connectivity index (χ0n) is 16.2. The summed E-state index contributed by atoms with van der Waals surface area (Å²) < 4.78 is 0. The summed E-state index contributed by atoms with van der Waals surface area (Å²) in [5.41, 5.74) is 5.31. The van der Waals surface area contributed by atoms with Gasteiger partial charge in [-0.3, -0.25) is 0 Å². The second-order valence-electron chi connectivity index (χ2n) is 6.77. The monoisotopic (exact) mass is 383 g/mol. The van der Waals surface area contributed by atoms with E-state index in [0.29, 0.717) is 11.5 Å². The Bertz CT molecular complexity index is 1170. The fourth-order valence-corrected chi connectivity index (χ4v) is 3.06. The Hall–Kier alpha value is -3.93. The Labute approximate surface area is 169 Å². The highest BCUT2D eigenvalue weighted by molar-refractivity contribution is 6.02. The Morgan fingerprint density at radius 2 is 1.66 bits per heavy atom. The molecule has 6 heteroatoms. The van der Waals surface area contributed by atoms with E-state index in [-0.39, 0.29) is 6.03 Å². The number of aromatic nitrogens is 2. The second kappa shape index (κ2) is 7.98. The maximum Gasteiger partial charge on any atom is 0.323 e. The number of anilines is 4. The van der Waals surface area contributed by atoms with Gasteiger partial charge >= 0.3 is 6.03 Å². The van der Waals surface area contributed by atoms with E-state index >= 15 is 0 Å². The highest BCUT2D eigenvalue weighted by Crippen LogP contribution is 2.25. The lowest BCUT2D eigenvalue weighted by Gasteiger charge is -2.12. The molecule has 2 amide bonds. The van der Waals surface area contributed by atoms with Crippen LogP contribution in [0.3, 0.4) is 0 Å². The molecule has 0 aliphatic carbocycles. The summed E-state index contributed by atoms with van der Waals surface area (Å²) in [5, 5.41) is 9.94. The first-order chi connectivity index (χ1) is 14.1. The third-order valence-corrected chi connectivity index (χ3v) is 4.78. The molecule has 3 N–H and O–H groups in total. The summed E-state index contributed by atoms with van der Waals surface area (Å²) >= 11 is 0. The molecule has 0 aliphatic heterocycles. The van der Waals surface area contributed by atoms with Gasteiger partial charge in [0, 0.05) is 22.4 Å². The summed E-state index contributed by atoms with van der Waals surface area (Å²) in [6.07, 6.45) is 1.51. The summed E-state index contributed by atoms with van der Waals surface area (Å²) in [4.78, 5) is 21.1. The van der Waals surface area contributed by atoms with Crippen LogP contribution in [0.1, 0.15) is 11.1 Å². The summed E-state index contributed by atoms with van der Waals surface area (Å²) in [6, 6.07) is 20.9. The average molecular weight is 383 g/mol. The van der Waals surface area contributed by atoms with E-state index in [1.165, 1.54) is 6.33 Å². The third-order valence-electron chi connectivity index (χ3n) is 4.78. The maximum absolute atomic E-state index is 12.4. The van der Waals surface area contributed by atoms with Gasteiger partial charge < -0.3 is 16.0 Å². The van der Waals surface area contributed by atoms with Crippen molar-refractivity contribution < 1.29 is 4.79 Å². The highest BCUT2D eigenvalue weighted by Gasteiger charge is 2.09. The molecule has 0 aliphatic rings. The Morgan fingerprint density at radius 1 is 0.828 bits per heavy atom. The molecule has 0 atom stereocenters. The molecule has 0 unspecified atom stereocenters. The number of hydrogen-bond acceptors (Lipinski definition) is 4. The molecule has 29 heavy (non-hydrogen) atoms. The lowest BCUT2D eigenvalue weighted by Crippen LogP contribution is -2.20. The molecule has 4 rings (SSSR count). The summed E-state index contributed by atoms with van der Waals surface area (Å²) in [7, 11) is 0. The first kappa shape index (κ1) is 18.4. The molecule has 0 saturated carbocycles. The van der Waals surface area contributed by atoms with Crippen LogP contribution in [0.25, 0.3) is 10.9 Å². The molecule has 0 saturated heterocycles. The van der Waals surface area contributed by atoms with Crippen molar-refractivity contribution in [3.8, 4) is 0 Å². The van der Waals surface area contributed by atoms with Crippen LogP contribution in [-0.4, -0.2) is 16.0 Å². The van der Waals surface area contributed by atoms with Crippen molar-refractivity contribution in [1.29, 1.82) is 0 Å². The smallest absolute Gasteiger partial charge is 0.323 e. The number of benzene rings is 3. The summed E-state index contributed by atoms with van der Waals surface area (Å²) in [6.45, 7) is 4.00. The lowest BCUT2D eigenvalue weighted by molar-refractivity contribution is 0.262. The number of hydrogen-bond donors (Lipinski definition) is 3. The molecule has 1 aromatic heterocycles. The number of nitrogens with zero attached hydrogens (tertiary/aromatic N) is 2. The predicted molar refractivity (Wildman–Crippen MR) is 118 cm³/mol. The average Bonchev–Trinajstić information content (AvgIpc) is 2.72. The number of nitrogens with one attached hydrogen (secondary N) is 3. The molecule has 0 fully saturated rings. The van der Waals surface area contributed by atoms with Gasteiger partial charge in [-0.15, -0.1) is 0 Å². The largest absolute Gasteiger partial charge is 0.340 e.